The summed E-state index contributed by atoms with van der Waals surface area (Å²) in [6.07, 6.45) is 3.93. The third-order valence-electron chi connectivity index (χ3n) is 7.22. The Morgan fingerprint density at radius 1 is 0.756 bits per heavy atom. The number of nitrogens with one attached hydrogen (secondary N) is 2. The molecule has 0 bridgehead atoms. The Kier molecular flexibility index (Phi) is 9.44. The minimum absolute atomic E-state index is 0.366. The fourth-order valence-electron chi connectivity index (χ4n) is 5.02. The monoisotopic (exact) mass is 555 g/mol. The highest BCUT2D eigenvalue weighted by Crippen LogP contribution is 2.33. The number of amides is 2. The molecule has 1 heterocycles. The van der Waals surface area contributed by atoms with Crippen molar-refractivity contribution in [3.63, 3.8) is 0 Å². The van der Waals surface area contributed by atoms with E-state index in [0.717, 1.165) is 34.4 Å². The minimum Gasteiger partial charge on any atom is -0.493 e. The van der Waals surface area contributed by atoms with Crippen molar-refractivity contribution in [1.29, 1.82) is 0 Å². The summed E-state index contributed by atoms with van der Waals surface area (Å²) >= 11 is 0. The highest BCUT2D eigenvalue weighted by atomic mass is 16.5. The normalized spacial score (nSPS) is 13.4. The van der Waals surface area contributed by atoms with Crippen molar-refractivity contribution in [2.45, 2.75) is 25.9 Å². The predicted molar refractivity (Wildman–Crippen MR) is 163 cm³/mol. The molecule has 5 rings (SSSR count). The maximum atomic E-state index is 12.8. The first-order chi connectivity index (χ1) is 20.1. The first kappa shape index (κ1) is 28.1. The van der Waals surface area contributed by atoms with Gasteiger partial charge in [0.2, 0.25) is 0 Å². The molecule has 0 radical (unpaired) electrons. The molecule has 0 aromatic heterocycles. The molecule has 1 fully saturated rings. The first-order valence-electron chi connectivity index (χ1n) is 14.0. The summed E-state index contributed by atoms with van der Waals surface area (Å²) in [4.78, 5) is 15.3. The van der Waals surface area contributed by atoms with Gasteiger partial charge < -0.3 is 29.6 Å². The molecule has 8 nitrogen and oxygen atoms in total. The molecule has 8 heteroatoms. The number of methoxy groups -OCH3 is 2. The molecule has 4 aromatic rings. The summed E-state index contributed by atoms with van der Waals surface area (Å²) in [5.41, 5.74) is 2.31. The second-order valence-corrected chi connectivity index (χ2v) is 9.99. The zero-order chi connectivity index (χ0) is 28.4. The van der Waals surface area contributed by atoms with Crippen molar-refractivity contribution >= 4 is 28.2 Å². The number of carbonyl (C=O) groups is 1. The zero-order valence-electron chi connectivity index (χ0n) is 23.7. The first-order valence-corrected chi connectivity index (χ1v) is 14.0. The number of urea groups is 1. The molecule has 1 aliphatic rings. The summed E-state index contributed by atoms with van der Waals surface area (Å²) in [5.74, 6) is 2.74. The van der Waals surface area contributed by atoms with Crippen molar-refractivity contribution < 1.29 is 23.7 Å². The Balaban J connectivity index is 1.18. The van der Waals surface area contributed by atoms with Gasteiger partial charge in [0.05, 0.1) is 19.9 Å². The molecule has 4 aromatic carbocycles. The molecule has 0 atom stereocenters. The van der Waals surface area contributed by atoms with Gasteiger partial charge in [0, 0.05) is 29.1 Å². The Morgan fingerprint density at radius 3 is 2.24 bits per heavy atom. The third kappa shape index (κ3) is 7.41. The molecule has 0 unspecified atom stereocenters. The number of benzene rings is 4. The zero-order valence-corrected chi connectivity index (χ0v) is 23.7. The van der Waals surface area contributed by atoms with Gasteiger partial charge >= 0.3 is 6.03 Å². The molecular weight excluding hydrogens is 518 g/mol. The van der Waals surface area contributed by atoms with E-state index in [1.165, 1.54) is 32.4 Å². The van der Waals surface area contributed by atoms with Crippen LogP contribution in [0.15, 0.2) is 78.9 Å². The number of nitrogens with zero attached hydrogens (tertiary/aromatic N) is 1. The molecule has 0 saturated carbocycles. The van der Waals surface area contributed by atoms with Gasteiger partial charge in [0.1, 0.15) is 24.7 Å². The van der Waals surface area contributed by atoms with Crippen LogP contribution in [-0.2, 0) is 6.61 Å². The van der Waals surface area contributed by atoms with Crippen molar-refractivity contribution in [2.24, 2.45) is 0 Å². The van der Waals surface area contributed by atoms with Crippen LogP contribution in [0.1, 0.15) is 24.8 Å². The van der Waals surface area contributed by atoms with Crippen LogP contribution in [0.4, 0.5) is 16.2 Å². The number of ether oxygens (including phenoxy) is 4. The van der Waals surface area contributed by atoms with Gasteiger partial charge in [-0.1, -0.05) is 42.8 Å². The highest BCUT2D eigenvalue weighted by molar-refractivity contribution is 6.07. The smallest absolute Gasteiger partial charge is 0.323 e. The lowest BCUT2D eigenvalue weighted by atomic mass is 10.1. The van der Waals surface area contributed by atoms with Crippen LogP contribution in [0.2, 0.25) is 0 Å². The van der Waals surface area contributed by atoms with Gasteiger partial charge in [-0.2, -0.15) is 0 Å². The molecule has 2 amide bonds. The lowest BCUT2D eigenvalue weighted by Crippen LogP contribution is -2.33. The standard InChI is InChI=1S/C33H37N3O5/c1-38-31-16-12-25(22-32(31)39-2)34-33(37)35-29-15-17-30(28-9-5-4-8-27(28)29)41-23-24-10-13-26(14-11-24)40-21-20-36-18-6-3-7-19-36/h4-5,8-17,22H,3,6-7,18-21,23H2,1-2H3,(H2,34,35,37). The number of anilines is 2. The summed E-state index contributed by atoms with van der Waals surface area (Å²) in [6, 6.07) is 24.5. The van der Waals surface area contributed by atoms with Gasteiger partial charge in [-0.05, 0) is 67.9 Å². The van der Waals surface area contributed by atoms with E-state index in [4.69, 9.17) is 18.9 Å². The summed E-state index contributed by atoms with van der Waals surface area (Å²) < 4.78 is 22.8. The number of piperidine rings is 1. The number of fused-ring (bicyclic) bond motifs is 1. The van der Waals surface area contributed by atoms with Crippen molar-refractivity contribution in [2.75, 3.05) is 51.1 Å². The van der Waals surface area contributed by atoms with E-state index in [2.05, 4.69) is 15.5 Å². The maximum absolute atomic E-state index is 12.8. The van der Waals surface area contributed by atoms with Crippen molar-refractivity contribution in [1.82, 2.24) is 4.90 Å². The fraction of sp³-hybridized carbons (Fsp3) is 0.303. The van der Waals surface area contributed by atoms with Crippen LogP contribution in [0.25, 0.3) is 10.8 Å². The van der Waals surface area contributed by atoms with Gasteiger partial charge in [-0.3, -0.25) is 4.90 Å². The molecule has 214 valence electrons. The van der Waals surface area contributed by atoms with Crippen molar-refractivity contribution in [3.05, 3.63) is 84.4 Å². The summed E-state index contributed by atoms with van der Waals surface area (Å²) in [7, 11) is 3.12. The number of likely N-dealkylation sites (tertiary alicyclic amines) is 1. The number of hydrogen-bond donors (Lipinski definition) is 2. The van der Waals surface area contributed by atoms with Gasteiger partial charge in [0.25, 0.3) is 0 Å². The van der Waals surface area contributed by atoms with Gasteiger partial charge in [-0.15, -0.1) is 0 Å². The molecule has 1 saturated heterocycles. The predicted octanol–water partition coefficient (Wildman–Crippen LogP) is 6.94. The van der Waals surface area contributed by atoms with E-state index in [1.807, 2.05) is 60.7 Å². The van der Waals surface area contributed by atoms with Crippen LogP contribution in [-0.4, -0.2) is 51.4 Å². The Hall–Kier alpha value is -4.43. The largest absolute Gasteiger partial charge is 0.493 e. The third-order valence-corrected chi connectivity index (χ3v) is 7.22. The summed E-state index contributed by atoms with van der Waals surface area (Å²) in [6.45, 7) is 4.45. The Bertz CT molecular complexity index is 1450. The molecule has 0 spiro atoms. The van der Waals surface area contributed by atoms with E-state index in [9.17, 15) is 4.79 Å². The lowest BCUT2D eigenvalue weighted by Gasteiger charge is -2.26. The lowest BCUT2D eigenvalue weighted by molar-refractivity contribution is 0.183. The van der Waals surface area contributed by atoms with Crippen LogP contribution in [0.5, 0.6) is 23.0 Å². The molecule has 41 heavy (non-hydrogen) atoms. The Morgan fingerprint density at radius 2 is 1.49 bits per heavy atom. The van der Waals surface area contributed by atoms with E-state index < -0.39 is 0 Å². The molecule has 2 N–H and O–H groups in total. The van der Waals surface area contributed by atoms with E-state index >= 15 is 0 Å². The highest BCUT2D eigenvalue weighted by Gasteiger charge is 2.12. The topological polar surface area (TPSA) is 81.3 Å². The second-order valence-electron chi connectivity index (χ2n) is 9.99. The molecule has 1 aliphatic heterocycles. The maximum Gasteiger partial charge on any atom is 0.323 e. The second kappa shape index (κ2) is 13.8. The van der Waals surface area contributed by atoms with Gasteiger partial charge in [-0.25, -0.2) is 4.79 Å². The van der Waals surface area contributed by atoms with Crippen LogP contribution in [0.3, 0.4) is 0 Å². The molecule has 0 aliphatic carbocycles. The number of rotatable bonds is 11. The minimum atomic E-state index is -0.366. The number of carbonyl (C=O) groups excluding carboxylic acids is 1. The summed E-state index contributed by atoms with van der Waals surface area (Å²) in [5, 5.41) is 7.59. The van der Waals surface area contributed by atoms with Crippen molar-refractivity contribution in [3.8, 4) is 23.0 Å². The Labute approximate surface area is 241 Å². The van der Waals surface area contributed by atoms with Crippen LogP contribution < -0.4 is 29.6 Å². The average Bonchev–Trinajstić information content (AvgIpc) is 3.01. The number of hydrogen-bond acceptors (Lipinski definition) is 6. The van der Waals surface area contributed by atoms with E-state index in [-0.39, 0.29) is 6.03 Å². The molecular formula is C33H37N3O5. The SMILES string of the molecule is COc1ccc(NC(=O)Nc2ccc(OCc3ccc(OCCN4CCCCC4)cc3)c3ccccc23)cc1OC. The fourth-order valence-corrected chi connectivity index (χ4v) is 5.02. The van der Waals surface area contributed by atoms with Crippen LogP contribution >= 0.6 is 0 Å². The van der Waals surface area contributed by atoms with Gasteiger partial charge in [0.15, 0.2) is 11.5 Å². The van der Waals surface area contributed by atoms with Crippen LogP contribution in [0, 0.1) is 0 Å². The van der Waals surface area contributed by atoms with E-state index in [1.54, 1.807) is 32.4 Å². The van der Waals surface area contributed by atoms with E-state index in [0.29, 0.717) is 36.1 Å². The quantitative estimate of drug-likeness (QED) is 0.209. The average molecular weight is 556 g/mol.